The molecule has 3 heterocycles. The van der Waals surface area contributed by atoms with Crippen molar-refractivity contribution in [1.29, 1.82) is 0 Å². The van der Waals surface area contributed by atoms with E-state index in [0.717, 1.165) is 24.3 Å². The molecule has 5 atom stereocenters. The maximum absolute atomic E-state index is 12.4. The van der Waals surface area contributed by atoms with E-state index in [4.69, 9.17) is 4.74 Å². The average Bonchev–Trinajstić information content (AvgIpc) is 3.15. The van der Waals surface area contributed by atoms with Gasteiger partial charge >= 0.3 is 0 Å². The lowest BCUT2D eigenvalue weighted by Gasteiger charge is -2.18. The summed E-state index contributed by atoms with van der Waals surface area (Å²) in [6.45, 7) is 5.09. The molecule has 0 aromatic rings. The summed E-state index contributed by atoms with van der Waals surface area (Å²) < 4.78 is 5.66. The molecular formula is C15H24ClN3O4. The van der Waals surface area contributed by atoms with Crippen LogP contribution in [0.1, 0.15) is 26.7 Å². The fourth-order valence-corrected chi connectivity index (χ4v) is 3.82. The van der Waals surface area contributed by atoms with Crippen LogP contribution < -0.4 is 10.6 Å². The first-order valence-electron chi connectivity index (χ1n) is 8.03. The van der Waals surface area contributed by atoms with Crippen LogP contribution in [0.5, 0.6) is 0 Å². The second kappa shape index (κ2) is 7.15. The van der Waals surface area contributed by atoms with Gasteiger partial charge in [-0.1, -0.05) is 6.92 Å². The van der Waals surface area contributed by atoms with Crippen molar-refractivity contribution in [3.63, 3.8) is 0 Å². The number of amides is 3. The number of likely N-dealkylation sites (tertiary alicyclic amines) is 1. The predicted molar refractivity (Wildman–Crippen MR) is 85.0 cm³/mol. The van der Waals surface area contributed by atoms with Crippen molar-refractivity contribution in [2.75, 3.05) is 19.6 Å². The topological polar surface area (TPSA) is 87.7 Å². The normalized spacial score (nSPS) is 32.7. The van der Waals surface area contributed by atoms with Crippen molar-refractivity contribution < 1.29 is 19.1 Å². The molecule has 130 valence electrons. The standard InChI is InChI=1S/C15H23N3O4.ClH/c1-3-16-8(2)6-17-11(19)7-18-14(20)12-9-4-5-10(22-9)13(12)15(18)21;/h8-10,12-13,16H,3-7H2,1-2H3,(H,17,19);1H/t8-,9?,10?,12?,13?;/m1./s1. The van der Waals surface area contributed by atoms with E-state index in [2.05, 4.69) is 10.6 Å². The molecule has 23 heavy (non-hydrogen) atoms. The zero-order chi connectivity index (χ0) is 15.9. The summed E-state index contributed by atoms with van der Waals surface area (Å²) in [4.78, 5) is 37.9. The van der Waals surface area contributed by atoms with Crippen molar-refractivity contribution in [3.05, 3.63) is 0 Å². The first-order chi connectivity index (χ1) is 10.5. The zero-order valence-corrected chi connectivity index (χ0v) is 14.2. The van der Waals surface area contributed by atoms with Gasteiger partial charge in [-0.15, -0.1) is 12.4 Å². The number of rotatable bonds is 6. The molecule has 7 nitrogen and oxygen atoms in total. The highest BCUT2D eigenvalue weighted by molar-refractivity contribution is 6.08. The summed E-state index contributed by atoms with van der Waals surface area (Å²) in [5.41, 5.74) is 0. The van der Waals surface area contributed by atoms with Gasteiger partial charge in [0.2, 0.25) is 17.7 Å². The first-order valence-corrected chi connectivity index (χ1v) is 8.03. The van der Waals surface area contributed by atoms with Gasteiger partial charge in [-0.25, -0.2) is 0 Å². The minimum Gasteiger partial charge on any atom is -0.373 e. The monoisotopic (exact) mass is 345 g/mol. The Bertz CT molecular complexity index is 473. The van der Waals surface area contributed by atoms with Crippen LogP contribution in [-0.2, 0) is 19.1 Å². The van der Waals surface area contributed by atoms with Gasteiger partial charge in [0.15, 0.2) is 0 Å². The van der Waals surface area contributed by atoms with E-state index >= 15 is 0 Å². The van der Waals surface area contributed by atoms with Crippen LogP contribution in [0.25, 0.3) is 0 Å². The lowest BCUT2D eigenvalue weighted by atomic mass is 9.81. The SMILES string of the molecule is CCN[C@H](C)CNC(=O)CN1C(=O)C2C3CCC(O3)C2C1=O.Cl. The maximum atomic E-state index is 12.4. The van der Waals surface area contributed by atoms with Gasteiger partial charge in [0.1, 0.15) is 6.54 Å². The van der Waals surface area contributed by atoms with Crippen molar-refractivity contribution in [1.82, 2.24) is 15.5 Å². The number of nitrogens with zero attached hydrogens (tertiary/aromatic N) is 1. The predicted octanol–water partition coefficient (Wildman–Crippen LogP) is -0.315. The number of fused-ring (bicyclic) bond motifs is 5. The number of likely N-dealkylation sites (N-methyl/N-ethyl adjacent to an activating group) is 1. The minimum absolute atomic E-state index is 0. The summed E-state index contributed by atoms with van der Waals surface area (Å²) >= 11 is 0. The Morgan fingerprint density at radius 1 is 1.26 bits per heavy atom. The molecule has 0 aromatic heterocycles. The Morgan fingerprint density at radius 2 is 1.83 bits per heavy atom. The zero-order valence-electron chi connectivity index (χ0n) is 13.4. The summed E-state index contributed by atoms with van der Waals surface area (Å²) in [7, 11) is 0. The van der Waals surface area contributed by atoms with E-state index < -0.39 is 0 Å². The van der Waals surface area contributed by atoms with Gasteiger partial charge in [0.25, 0.3) is 0 Å². The molecule has 3 aliphatic heterocycles. The van der Waals surface area contributed by atoms with Gasteiger partial charge in [-0.3, -0.25) is 19.3 Å². The number of halogens is 1. The molecule has 2 N–H and O–H groups in total. The van der Waals surface area contributed by atoms with Gasteiger partial charge in [-0.05, 0) is 26.3 Å². The van der Waals surface area contributed by atoms with E-state index in [1.165, 1.54) is 0 Å². The Balaban J connectivity index is 0.00000192. The van der Waals surface area contributed by atoms with Crippen LogP contribution >= 0.6 is 12.4 Å². The van der Waals surface area contributed by atoms with Crippen LogP contribution in [0.3, 0.4) is 0 Å². The molecule has 8 heteroatoms. The molecule has 3 rings (SSSR count). The molecule has 0 radical (unpaired) electrons. The number of nitrogens with one attached hydrogen (secondary N) is 2. The van der Waals surface area contributed by atoms with Gasteiger partial charge < -0.3 is 15.4 Å². The van der Waals surface area contributed by atoms with Crippen LogP contribution in [0.15, 0.2) is 0 Å². The molecule has 3 saturated heterocycles. The number of hydrogen-bond acceptors (Lipinski definition) is 5. The highest BCUT2D eigenvalue weighted by Crippen LogP contribution is 2.48. The molecule has 2 bridgehead atoms. The molecular weight excluding hydrogens is 322 g/mol. The first kappa shape index (κ1) is 18.2. The number of carbonyl (C=O) groups excluding carboxylic acids is 3. The number of carbonyl (C=O) groups is 3. The van der Waals surface area contributed by atoms with E-state index in [1.807, 2.05) is 13.8 Å². The number of hydrogen-bond donors (Lipinski definition) is 2. The van der Waals surface area contributed by atoms with Gasteiger partial charge in [0.05, 0.1) is 24.0 Å². The molecule has 3 fully saturated rings. The third-order valence-corrected chi connectivity index (χ3v) is 4.84. The Morgan fingerprint density at radius 3 is 2.35 bits per heavy atom. The minimum atomic E-state index is -0.361. The molecule has 0 aliphatic carbocycles. The van der Waals surface area contributed by atoms with Crippen LogP contribution in [0.4, 0.5) is 0 Å². The summed E-state index contributed by atoms with van der Waals surface area (Å²) in [6, 6.07) is 0.155. The lowest BCUT2D eigenvalue weighted by molar-refractivity contribution is -0.146. The number of ether oxygens (including phenoxy) is 1. The largest absolute Gasteiger partial charge is 0.373 e. The summed E-state index contributed by atoms with van der Waals surface area (Å²) in [5.74, 6) is -1.49. The van der Waals surface area contributed by atoms with Gasteiger partial charge in [-0.2, -0.15) is 0 Å². The summed E-state index contributed by atoms with van der Waals surface area (Å²) in [6.07, 6.45) is 1.41. The molecule has 0 spiro atoms. The van der Waals surface area contributed by atoms with E-state index in [0.29, 0.717) is 6.54 Å². The average molecular weight is 346 g/mol. The van der Waals surface area contributed by atoms with E-state index in [1.54, 1.807) is 0 Å². The van der Waals surface area contributed by atoms with Crippen molar-refractivity contribution in [2.24, 2.45) is 11.8 Å². The third kappa shape index (κ3) is 3.22. The Labute approximate surface area is 141 Å². The molecule has 0 saturated carbocycles. The lowest BCUT2D eigenvalue weighted by Crippen LogP contribution is -2.45. The smallest absolute Gasteiger partial charge is 0.240 e. The Hall–Kier alpha value is -1.18. The fourth-order valence-electron chi connectivity index (χ4n) is 3.82. The molecule has 3 amide bonds. The van der Waals surface area contributed by atoms with Crippen LogP contribution in [0.2, 0.25) is 0 Å². The second-order valence-corrected chi connectivity index (χ2v) is 6.37. The third-order valence-electron chi connectivity index (χ3n) is 4.84. The summed E-state index contributed by atoms with van der Waals surface area (Å²) in [5, 5.41) is 5.95. The molecule has 4 unspecified atom stereocenters. The quantitative estimate of drug-likeness (QED) is 0.644. The van der Waals surface area contributed by atoms with Crippen LogP contribution in [0, 0.1) is 11.8 Å². The second-order valence-electron chi connectivity index (χ2n) is 6.37. The highest BCUT2D eigenvalue weighted by Gasteiger charge is 2.62. The highest BCUT2D eigenvalue weighted by atomic mass is 35.5. The van der Waals surface area contributed by atoms with Crippen molar-refractivity contribution in [2.45, 2.75) is 44.9 Å². The van der Waals surface area contributed by atoms with Crippen molar-refractivity contribution in [3.8, 4) is 0 Å². The van der Waals surface area contributed by atoms with Crippen molar-refractivity contribution >= 4 is 30.1 Å². The Kier molecular flexibility index (Phi) is 5.65. The molecule has 0 aromatic carbocycles. The van der Waals surface area contributed by atoms with E-state index in [9.17, 15) is 14.4 Å². The van der Waals surface area contributed by atoms with Crippen LogP contribution in [-0.4, -0.2) is 60.5 Å². The van der Waals surface area contributed by atoms with E-state index in [-0.39, 0.29) is 66.8 Å². The fraction of sp³-hybridized carbons (Fsp3) is 0.800. The van der Waals surface area contributed by atoms with Gasteiger partial charge in [0, 0.05) is 12.6 Å². The number of imide groups is 1. The maximum Gasteiger partial charge on any atom is 0.240 e. The molecule has 3 aliphatic rings.